The summed E-state index contributed by atoms with van der Waals surface area (Å²) in [5.74, 6) is -0.166. The van der Waals surface area contributed by atoms with Gasteiger partial charge in [0.25, 0.3) is 0 Å². The number of nitrogens with one attached hydrogen (secondary N) is 2. The van der Waals surface area contributed by atoms with Crippen LogP contribution in [0.4, 0.5) is 14.9 Å². The molecule has 0 aliphatic carbocycles. The highest BCUT2D eigenvalue weighted by molar-refractivity contribution is 5.90. The summed E-state index contributed by atoms with van der Waals surface area (Å²) >= 11 is 0. The molecule has 0 aliphatic heterocycles. The topological polar surface area (TPSA) is 63.2 Å². The van der Waals surface area contributed by atoms with Gasteiger partial charge in [-0.2, -0.15) is 0 Å². The van der Waals surface area contributed by atoms with Gasteiger partial charge in [-0.1, -0.05) is 6.07 Å². The maximum absolute atomic E-state index is 13.1. The highest BCUT2D eigenvalue weighted by atomic mass is 19.1. The minimum Gasteiger partial charge on any atom is -0.494 e. The average Bonchev–Trinajstić information content (AvgIpc) is 2.47. The molecule has 2 N–H and O–H groups in total. The summed E-state index contributed by atoms with van der Waals surface area (Å²) in [7, 11) is 1.41. The lowest BCUT2D eigenvalue weighted by molar-refractivity contribution is 0.251. The van der Waals surface area contributed by atoms with E-state index in [-0.39, 0.29) is 5.75 Å². The predicted octanol–water partition coefficient (Wildman–Crippen LogP) is 2.86. The van der Waals surface area contributed by atoms with Crippen LogP contribution < -0.4 is 15.4 Å². The fourth-order valence-corrected chi connectivity index (χ4v) is 1.80. The van der Waals surface area contributed by atoms with Crippen molar-refractivity contribution in [3.05, 3.63) is 53.6 Å². The number of rotatable bonds is 4. The predicted molar refractivity (Wildman–Crippen MR) is 77.8 cm³/mol. The molecule has 2 rings (SSSR count). The first-order valence-corrected chi connectivity index (χ1v) is 6.39. The molecule has 0 aliphatic rings. The van der Waals surface area contributed by atoms with Gasteiger partial charge in [0, 0.05) is 11.8 Å². The van der Waals surface area contributed by atoms with Crippen molar-refractivity contribution in [2.75, 3.05) is 12.4 Å². The molecule has 0 saturated carbocycles. The normalized spacial score (nSPS) is 10.0. The number of hydrogen-bond donors (Lipinski definition) is 2. The number of amides is 2. The van der Waals surface area contributed by atoms with Crippen molar-refractivity contribution in [2.45, 2.75) is 13.5 Å². The number of aromatic nitrogens is 1. The Morgan fingerprint density at radius 3 is 2.86 bits per heavy atom. The van der Waals surface area contributed by atoms with Gasteiger partial charge in [0.1, 0.15) is 11.6 Å². The van der Waals surface area contributed by atoms with Gasteiger partial charge in [-0.25, -0.2) is 9.18 Å². The van der Waals surface area contributed by atoms with Crippen LogP contribution in [-0.2, 0) is 6.54 Å². The standard InChI is InChI=1S/C15H16FN3O2/c1-10-4-3-5-12(18-10)9-17-15(20)19-13-7-6-11(16)8-14(13)21-2/h3-8H,9H2,1-2H3,(H2,17,19,20). The zero-order valence-corrected chi connectivity index (χ0v) is 11.8. The van der Waals surface area contributed by atoms with E-state index in [0.717, 1.165) is 11.4 Å². The second kappa shape index (κ2) is 6.69. The van der Waals surface area contributed by atoms with Gasteiger partial charge in [0.2, 0.25) is 0 Å². The molecule has 0 unspecified atom stereocenters. The van der Waals surface area contributed by atoms with E-state index >= 15 is 0 Å². The molecule has 6 heteroatoms. The third-order valence-electron chi connectivity index (χ3n) is 2.79. The molecular weight excluding hydrogens is 273 g/mol. The van der Waals surface area contributed by atoms with Crippen LogP contribution >= 0.6 is 0 Å². The zero-order chi connectivity index (χ0) is 15.2. The highest BCUT2D eigenvalue weighted by Crippen LogP contribution is 2.24. The van der Waals surface area contributed by atoms with Crippen LogP contribution in [0.15, 0.2) is 36.4 Å². The minimum atomic E-state index is -0.429. The smallest absolute Gasteiger partial charge is 0.319 e. The van der Waals surface area contributed by atoms with E-state index in [2.05, 4.69) is 15.6 Å². The van der Waals surface area contributed by atoms with Gasteiger partial charge in [-0.15, -0.1) is 0 Å². The van der Waals surface area contributed by atoms with Crippen molar-refractivity contribution in [2.24, 2.45) is 0 Å². The van der Waals surface area contributed by atoms with Gasteiger partial charge in [0.05, 0.1) is 25.0 Å². The summed E-state index contributed by atoms with van der Waals surface area (Å²) in [6.45, 7) is 2.18. The summed E-state index contributed by atoms with van der Waals surface area (Å²) < 4.78 is 18.1. The molecule has 0 atom stereocenters. The third kappa shape index (κ3) is 4.17. The molecule has 0 radical (unpaired) electrons. The van der Waals surface area contributed by atoms with Crippen molar-refractivity contribution < 1.29 is 13.9 Å². The average molecular weight is 289 g/mol. The summed E-state index contributed by atoms with van der Waals surface area (Å²) in [5, 5.41) is 5.28. The Bertz CT molecular complexity index is 647. The van der Waals surface area contributed by atoms with Gasteiger partial charge in [0.15, 0.2) is 0 Å². The lowest BCUT2D eigenvalue weighted by Crippen LogP contribution is -2.28. The molecule has 0 fully saturated rings. The van der Waals surface area contributed by atoms with E-state index in [1.54, 1.807) is 0 Å². The second-order valence-corrected chi connectivity index (χ2v) is 4.42. The number of carbonyl (C=O) groups excluding carboxylic acids is 1. The first-order valence-electron chi connectivity index (χ1n) is 6.39. The summed E-state index contributed by atoms with van der Waals surface area (Å²) in [6.07, 6.45) is 0. The maximum Gasteiger partial charge on any atom is 0.319 e. The number of hydrogen-bond acceptors (Lipinski definition) is 3. The van der Waals surface area contributed by atoms with Crippen molar-refractivity contribution in [1.29, 1.82) is 0 Å². The number of carbonyl (C=O) groups is 1. The Kier molecular flexibility index (Phi) is 4.71. The van der Waals surface area contributed by atoms with Crippen LogP contribution in [0.5, 0.6) is 5.75 Å². The number of benzene rings is 1. The zero-order valence-electron chi connectivity index (χ0n) is 11.8. The third-order valence-corrected chi connectivity index (χ3v) is 2.79. The minimum absolute atomic E-state index is 0.263. The van der Waals surface area contributed by atoms with Crippen molar-refractivity contribution in [3.8, 4) is 5.75 Å². The van der Waals surface area contributed by atoms with Crippen LogP contribution in [0.2, 0.25) is 0 Å². The van der Waals surface area contributed by atoms with Crippen molar-refractivity contribution >= 4 is 11.7 Å². The summed E-state index contributed by atoms with van der Waals surface area (Å²) in [4.78, 5) is 16.1. The number of halogens is 1. The van der Waals surface area contributed by atoms with Gasteiger partial charge in [-0.3, -0.25) is 4.98 Å². The Morgan fingerprint density at radius 2 is 2.14 bits per heavy atom. The van der Waals surface area contributed by atoms with Crippen molar-refractivity contribution in [3.63, 3.8) is 0 Å². The van der Waals surface area contributed by atoms with Crippen molar-refractivity contribution in [1.82, 2.24) is 10.3 Å². The molecule has 2 amide bonds. The molecule has 0 spiro atoms. The first kappa shape index (κ1) is 14.8. The molecule has 110 valence electrons. The SMILES string of the molecule is COc1cc(F)ccc1NC(=O)NCc1cccc(C)n1. The second-order valence-electron chi connectivity index (χ2n) is 4.42. The number of nitrogens with zero attached hydrogens (tertiary/aromatic N) is 1. The van der Waals surface area contributed by atoms with Gasteiger partial charge < -0.3 is 15.4 Å². The van der Waals surface area contributed by atoms with Crippen LogP contribution in [0.3, 0.4) is 0 Å². The molecule has 0 bridgehead atoms. The van der Waals surface area contributed by atoms with Gasteiger partial charge in [-0.05, 0) is 31.2 Å². The lowest BCUT2D eigenvalue weighted by atomic mass is 10.3. The van der Waals surface area contributed by atoms with E-state index in [1.807, 2.05) is 25.1 Å². The van der Waals surface area contributed by atoms with E-state index in [0.29, 0.717) is 12.2 Å². The van der Waals surface area contributed by atoms with E-state index in [4.69, 9.17) is 4.74 Å². The quantitative estimate of drug-likeness (QED) is 0.909. The van der Waals surface area contributed by atoms with Crippen LogP contribution in [-0.4, -0.2) is 18.1 Å². The molecule has 1 heterocycles. The van der Waals surface area contributed by atoms with Crippen LogP contribution in [0.1, 0.15) is 11.4 Å². The number of ether oxygens (including phenoxy) is 1. The molecule has 21 heavy (non-hydrogen) atoms. The molecule has 0 saturated heterocycles. The van der Waals surface area contributed by atoms with E-state index in [1.165, 1.54) is 25.3 Å². The Morgan fingerprint density at radius 1 is 1.33 bits per heavy atom. The number of pyridine rings is 1. The fraction of sp³-hybridized carbons (Fsp3) is 0.200. The first-order chi connectivity index (χ1) is 10.1. The maximum atomic E-state index is 13.1. The molecular formula is C15H16FN3O2. The number of urea groups is 1. The summed E-state index contributed by atoms with van der Waals surface area (Å²) in [5.41, 5.74) is 2.04. The van der Waals surface area contributed by atoms with Crippen LogP contribution in [0, 0.1) is 12.7 Å². The summed E-state index contributed by atoms with van der Waals surface area (Å²) in [6, 6.07) is 9.07. The number of anilines is 1. The molecule has 2 aromatic rings. The van der Waals surface area contributed by atoms with Gasteiger partial charge >= 0.3 is 6.03 Å². The molecule has 1 aromatic heterocycles. The van der Waals surface area contributed by atoms with E-state index in [9.17, 15) is 9.18 Å². The Hall–Kier alpha value is -2.63. The van der Waals surface area contributed by atoms with E-state index < -0.39 is 11.8 Å². The Labute approximate surface area is 122 Å². The Balaban J connectivity index is 1.96. The highest BCUT2D eigenvalue weighted by Gasteiger charge is 2.08. The number of methoxy groups -OCH3 is 1. The molecule has 1 aromatic carbocycles. The lowest BCUT2D eigenvalue weighted by Gasteiger charge is -2.11. The largest absolute Gasteiger partial charge is 0.494 e. The number of aryl methyl sites for hydroxylation is 1. The monoisotopic (exact) mass is 289 g/mol. The van der Waals surface area contributed by atoms with Crippen LogP contribution in [0.25, 0.3) is 0 Å². The molecule has 5 nitrogen and oxygen atoms in total. The fourth-order valence-electron chi connectivity index (χ4n) is 1.80.